The van der Waals surface area contributed by atoms with Crippen molar-refractivity contribution >= 4 is 33.0 Å². The Morgan fingerprint density at radius 3 is 2.67 bits per heavy atom. The van der Waals surface area contributed by atoms with Gasteiger partial charge >= 0.3 is 0 Å². The molecule has 0 atom stereocenters. The van der Waals surface area contributed by atoms with Gasteiger partial charge in [0, 0.05) is 4.70 Å². The molecule has 0 unspecified atom stereocenters. The predicted octanol–water partition coefficient (Wildman–Crippen LogP) is 4.74. The zero-order valence-corrected chi connectivity index (χ0v) is 11.9. The summed E-state index contributed by atoms with van der Waals surface area (Å²) >= 11 is 1.24. The van der Waals surface area contributed by atoms with Crippen molar-refractivity contribution < 1.29 is 13.6 Å². The van der Waals surface area contributed by atoms with E-state index in [4.69, 9.17) is 0 Å². The van der Waals surface area contributed by atoms with E-state index in [0.717, 1.165) is 10.3 Å². The lowest BCUT2D eigenvalue weighted by molar-refractivity contribution is 0.103. The molecule has 1 N–H and O–H groups in total. The minimum absolute atomic E-state index is 0.134. The normalized spacial score (nSPS) is 10.8. The van der Waals surface area contributed by atoms with Crippen LogP contribution in [0, 0.1) is 18.6 Å². The first-order valence-corrected chi connectivity index (χ1v) is 7.11. The highest BCUT2D eigenvalue weighted by Crippen LogP contribution is 2.27. The van der Waals surface area contributed by atoms with Gasteiger partial charge in [-0.2, -0.15) is 0 Å². The van der Waals surface area contributed by atoms with E-state index in [1.807, 2.05) is 0 Å². The van der Waals surface area contributed by atoms with Crippen molar-refractivity contribution in [2.45, 2.75) is 6.92 Å². The number of nitrogens with one attached hydrogen (secondary N) is 1. The third-order valence-electron chi connectivity index (χ3n) is 3.07. The minimum atomic E-state index is -0.476. The minimum Gasteiger partial charge on any atom is -0.319 e. The SMILES string of the molecule is Cc1ccc(NC(=O)c2cc3cc(F)ccc3s2)c(F)c1. The van der Waals surface area contributed by atoms with Crippen LogP contribution in [0.2, 0.25) is 0 Å². The molecule has 0 aliphatic carbocycles. The average Bonchev–Trinajstić information content (AvgIpc) is 2.85. The Labute approximate surface area is 124 Å². The number of aryl methyl sites for hydroxylation is 1. The van der Waals surface area contributed by atoms with Crippen LogP contribution in [0.5, 0.6) is 0 Å². The summed E-state index contributed by atoms with van der Waals surface area (Å²) in [6, 6.07) is 10.5. The Morgan fingerprint density at radius 2 is 1.90 bits per heavy atom. The largest absolute Gasteiger partial charge is 0.319 e. The van der Waals surface area contributed by atoms with Crippen LogP contribution < -0.4 is 5.32 Å². The van der Waals surface area contributed by atoms with Gasteiger partial charge in [0.05, 0.1) is 10.6 Å². The Morgan fingerprint density at radius 1 is 1.10 bits per heavy atom. The molecule has 0 spiro atoms. The fraction of sp³-hybridized carbons (Fsp3) is 0.0625. The highest BCUT2D eigenvalue weighted by Gasteiger charge is 2.13. The fourth-order valence-corrected chi connectivity index (χ4v) is 2.97. The number of halogens is 2. The summed E-state index contributed by atoms with van der Waals surface area (Å²) < 4.78 is 27.7. The molecule has 21 heavy (non-hydrogen) atoms. The number of carbonyl (C=O) groups excluding carboxylic acids is 1. The highest BCUT2D eigenvalue weighted by atomic mass is 32.1. The van der Waals surface area contributed by atoms with E-state index < -0.39 is 11.7 Å². The van der Waals surface area contributed by atoms with Crippen molar-refractivity contribution in [1.29, 1.82) is 0 Å². The molecule has 0 aliphatic heterocycles. The lowest BCUT2D eigenvalue weighted by Gasteiger charge is -2.05. The summed E-state index contributed by atoms with van der Waals surface area (Å²) in [5, 5.41) is 3.19. The fourth-order valence-electron chi connectivity index (χ4n) is 2.03. The van der Waals surface area contributed by atoms with Crippen LogP contribution in [-0.4, -0.2) is 5.91 Å². The van der Waals surface area contributed by atoms with E-state index in [1.165, 1.54) is 35.6 Å². The summed E-state index contributed by atoms with van der Waals surface area (Å²) in [7, 11) is 0. The van der Waals surface area contributed by atoms with Gasteiger partial charge in [0.15, 0.2) is 0 Å². The number of amides is 1. The molecular weight excluding hydrogens is 292 g/mol. The first kappa shape index (κ1) is 13.7. The van der Waals surface area contributed by atoms with E-state index in [9.17, 15) is 13.6 Å². The van der Waals surface area contributed by atoms with Crippen molar-refractivity contribution in [2.75, 3.05) is 5.32 Å². The quantitative estimate of drug-likeness (QED) is 0.728. The van der Waals surface area contributed by atoms with E-state index >= 15 is 0 Å². The molecule has 1 aromatic heterocycles. The molecule has 0 radical (unpaired) electrons. The molecule has 1 amide bonds. The van der Waals surface area contributed by atoms with Crippen LogP contribution in [0.4, 0.5) is 14.5 Å². The van der Waals surface area contributed by atoms with Gasteiger partial charge in [0.25, 0.3) is 5.91 Å². The maximum absolute atomic E-state index is 13.7. The number of carbonyl (C=O) groups is 1. The molecule has 106 valence electrons. The first-order chi connectivity index (χ1) is 10.0. The molecule has 0 saturated carbocycles. The van der Waals surface area contributed by atoms with E-state index in [2.05, 4.69) is 5.32 Å². The second kappa shape index (κ2) is 5.26. The highest BCUT2D eigenvalue weighted by molar-refractivity contribution is 7.20. The zero-order chi connectivity index (χ0) is 15.0. The third kappa shape index (κ3) is 2.78. The standard InChI is InChI=1S/C16H11F2NOS/c1-9-2-4-13(12(18)6-9)19-16(20)15-8-10-7-11(17)3-5-14(10)21-15/h2-8H,1H3,(H,19,20). The number of hydrogen-bond donors (Lipinski definition) is 1. The predicted molar refractivity (Wildman–Crippen MR) is 80.9 cm³/mol. The van der Waals surface area contributed by atoms with Crippen molar-refractivity contribution in [3.63, 3.8) is 0 Å². The molecule has 2 aromatic carbocycles. The van der Waals surface area contributed by atoms with Gasteiger partial charge < -0.3 is 5.32 Å². The van der Waals surface area contributed by atoms with Crippen LogP contribution in [0.25, 0.3) is 10.1 Å². The summed E-state index contributed by atoms with van der Waals surface area (Å²) in [5.41, 5.74) is 0.914. The molecular formula is C16H11F2NOS. The number of thiophene rings is 1. The molecule has 0 aliphatic rings. The second-order valence-electron chi connectivity index (χ2n) is 4.73. The number of fused-ring (bicyclic) bond motifs is 1. The summed E-state index contributed by atoms with van der Waals surface area (Å²) in [6.45, 7) is 1.77. The molecule has 0 fully saturated rings. The Bertz CT molecular complexity index is 841. The molecule has 5 heteroatoms. The van der Waals surface area contributed by atoms with Gasteiger partial charge in [-0.1, -0.05) is 6.07 Å². The Balaban J connectivity index is 1.89. The van der Waals surface area contributed by atoms with E-state index in [-0.39, 0.29) is 11.5 Å². The van der Waals surface area contributed by atoms with Crippen LogP contribution >= 0.6 is 11.3 Å². The van der Waals surface area contributed by atoms with Gasteiger partial charge in [0.2, 0.25) is 0 Å². The summed E-state index contributed by atoms with van der Waals surface area (Å²) in [6.07, 6.45) is 0. The number of hydrogen-bond acceptors (Lipinski definition) is 2. The number of anilines is 1. The Hall–Kier alpha value is -2.27. The maximum atomic E-state index is 13.7. The first-order valence-electron chi connectivity index (χ1n) is 6.29. The molecule has 3 rings (SSSR count). The summed E-state index contributed by atoms with van der Waals surface area (Å²) in [5.74, 6) is -1.23. The molecule has 1 heterocycles. The van der Waals surface area contributed by atoms with Crippen LogP contribution in [0.1, 0.15) is 15.2 Å². The number of benzene rings is 2. The molecule has 2 nitrogen and oxygen atoms in total. The van der Waals surface area contributed by atoms with Crippen molar-refractivity contribution in [2.24, 2.45) is 0 Å². The van der Waals surface area contributed by atoms with E-state index in [1.54, 1.807) is 25.1 Å². The molecule has 0 bridgehead atoms. The van der Waals surface area contributed by atoms with Crippen LogP contribution in [0.15, 0.2) is 42.5 Å². The summed E-state index contributed by atoms with van der Waals surface area (Å²) in [4.78, 5) is 12.6. The topological polar surface area (TPSA) is 29.1 Å². The van der Waals surface area contributed by atoms with Crippen LogP contribution in [-0.2, 0) is 0 Å². The lowest BCUT2D eigenvalue weighted by atomic mass is 10.2. The third-order valence-corrected chi connectivity index (χ3v) is 4.19. The lowest BCUT2D eigenvalue weighted by Crippen LogP contribution is -2.11. The van der Waals surface area contributed by atoms with Gasteiger partial charge in [-0.05, 0) is 54.3 Å². The molecule has 3 aromatic rings. The molecule has 0 saturated heterocycles. The van der Waals surface area contributed by atoms with Gasteiger partial charge in [-0.15, -0.1) is 11.3 Å². The average molecular weight is 303 g/mol. The van der Waals surface area contributed by atoms with E-state index in [0.29, 0.717) is 10.3 Å². The van der Waals surface area contributed by atoms with Crippen molar-refractivity contribution in [3.05, 3.63) is 64.5 Å². The monoisotopic (exact) mass is 303 g/mol. The second-order valence-corrected chi connectivity index (χ2v) is 5.81. The van der Waals surface area contributed by atoms with Crippen molar-refractivity contribution in [1.82, 2.24) is 0 Å². The van der Waals surface area contributed by atoms with Gasteiger partial charge in [-0.25, -0.2) is 8.78 Å². The smallest absolute Gasteiger partial charge is 0.265 e. The van der Waals surface area contributed by atoms with Gasteiger partial charge in [-0.3, -0.25) is 4.79 Å². The van der Waals surface area contributed by atoms with Crippen molar-refractivity contribution in [3.8, 4) is 0 Å². The maximum Gasteiger partial charge on any atom is 0.265 e. The number of rotatable bonds is 2. The van der Waals surface area contributed by atoms with Gasteiger partial charge in [0.1, 0.15) is 11.6 Å². The Kier molecular flexibility index (Phi) is 3.43. The zero-order valence-electron chi connectivity index (χ0n) is 11.1. The van der Waals surface area contributed by atoms with Crippen LogP contribution in [0.3, 0.4) is 0 Å².